The minimum atomic E-state index is -0.0201. The number of aromatic nitrogens is 2. The summed E-state index contributed by atoms with van der Waals surface area (Å²) in [5.74, 6) is 1.59. The van der Waals surface area contributed by atoms with Crippen LogP contribution in [-0.4, -0.2) is 35.7 Å². The zero-order valence-corrected chi connectivity index (χ0v) is 14.9. The molecule has 4 rings (SSSR count). The van der Waals surface area contributed by atoms with E-state index in [-0.39, 0.29) is 5.91 Å². The van der Waals surface area contributed by atoms with Crippen LogP contribution in [0.25, 0.3) is 10.2 Å². The summed E-state index contributed by atoms with van der Waals surface area (Å²) in [7, 11) is 0. The van der Waals surface area contributed by atoms with Crippen LogP contribution in [0.2, 0.25) is 0 Å². The summed E-state index contributed by atoms with van der Waals surface area (Å²) in [4.78, 5) is 18.3. The van der Waals surface area contributed by atoms with E-state index in [4.69, 9.17) is 9.51 Å². The van der Waals surface area contributed by atoms with E-state index in [0.717, 1.165) is 31.4 Å². The number of carbonyl (C=O) groups excluding carboxylic acids is 1. The molecule has 1 saturated heterocycles. The highest BCUT2D eigenvalue weighted by Gasteiger charge is 2.28. The number of fused-ring (bicyclic) bond motifs is 1. The number of likely N-dealkylation sites (tertiary alicyclic amines) is 1. The lowest BCUT2D eigenvalue weighted by Gasteiger charge is -2.28. The molecular formula is C18H21N4O2S+. The van der Waals surface area contributed by atoms with Gasteiger partial charge in [-0.15, -0.1) is 11.3 Å². The maximum atomic E-state index is 12.2. The first-order chi connectivity index (χ1) is 12.2. The van der Waals surface area contributed by atoms with Crippen molar-refractivity contribution in [1.29, 1.82) is 0 Å². The van der Waals surface area contributed by atoms with Crippen LogP contribution in [0.15, 0.2) is 34.9 Å². The van der Waals surface area contributed by atoms with Gasteiger partial charge in [0, 0.05) is 6.07 Å². The van der Waals surface area contributed by atoms with Gasteiger partial charge in [-0.3, -0.25) is 4.79 Å². The highest BCUT2D eigenvalue weighted by Crippen LogP contribution is 2.30. The van der Waals surface area contributed by atoms with Crippen molar-refractivity contribution in [3.05, 3.63) is 41.1 Å². The van der Waals surface area contributed by atoms with Gasteiger partial charge in [-0.05, 0) is 31.9 Å². The molecule has 1 aliphatic heterocycles. The Balaban J connectivity index is 1.39. The zero-order valence-electron chi connectivity index (χ0n) is 14.1. The Morgan fingerprint density at radius 3 is 3.12 bits per heavy atom. The van der Waals surface area contributed by atoms with Gasteiger partial charge in [0.05, 0.1) is 29.2 Å². The number of aryl methyl sites for hydroxylation is 1. The highest BCUT2D eigenvalue weighted by molar-refractivity contribution is 7.18. The summed E-state index contributed by atoms with van der Waals surface area (Å²) in [6.07, 6.45) is 2.26. The lowest BCUT2D eigenvalue weighted by molar-refractivity contribution is -0.898. The Morgan fingerprint density at radius 1 is 1.44 bits per heavy atom. The number of nitrogens with zero attached hydrogens (tertiary/aromatic N) is 2. The van der Waals surface area contributed by atoms with Gasteiger partial charge >= 0.3 is 0 Å². The van der Waals surface area contributed by atoms with Crippen LogP contribution in [-0.2, 0) is 4.79 Å². The number of rotatable bonds is 4. The molecule has 1 amide bonds. The van der Waals surface area contributed by atoms with E-state index in [9.17, 15) is 4.79 Å². The minimum Gasteiger partial charge on any atom is -0.360 e. The van der Waals surface area contributed by atoms with E-state index in [1.165, 1.54) is 14.6 Å². The van der Waals surface area contributed by atoms with Crippen molar-refractivity contribution >= 4 is 33.3 Å². The number of hydrogen-bond acceptors (Lipinski definition) is 5. The molecule has 0 spiro atoms. The van der Waals surface area contributed by atoms with Gasteiger partial charge in [0.1, 0.15) is 10.8 Å². The topological polar surface area (TPSA) is 72.5 Å². The molecule has 0 radical (unpaired) electrons. The van der Waals surface area contributed by atoms with Crippen LogP contribution < -0.4 is 10.2 Å². The average molecular weight is 357 g/mol. The fourth-order valence-electron chi connectivity index (χ4n) is 3.43. The monoisotopic (exact) mass is 357 g/mol. The van der Waals surface area contributed by atoms with Crippen molar-refractivity contribution in [3.63, 3.8) is 0 Å². The Morgan fingerprint density at radius 2 is 2.32 bits per heavy atom. The molecule has 2 atom stereocenters. The van der Waals surface area contributed by atoms with Crippen molar-refractivity contribution in [1.82, 2.24) is 10.1 Å². The molecule has 2 N–H and O–H groups in total. The zero-order chi connectivity index (χ0) is 17.2. The second kappa shape index (κ2) is 6.93. The Hall–Kier alpha value is -2.25. The first-order valence-corrected chi connectivity index (χ1v) is 9.41. The molecule has 1 fully saturated rings. The van der Waals surface area contributed by atoms with Gasteiger partial charge in [0.25, 0.3) is 5.91 Å². The normalized spacial score (nSPS) is 20.7. The molecule has 7 heteroatoms. The Labute approximate surface area is 149 Å². The molecule has 0 bridgehead atoms. The largest absolute Gasteiger partial charge is 0.360 e. The molecule has 1 unspecified atom stereocenters. The molecule has 6 nitrogen and oxygen atoms in total. The molecule has 0 saturated carbocycles. The van der Waals surface area contributed by atoms with Crippen molar-refractivity contribution in [2.75, 3.05) is 25.0 Å². The summed E-state index contributed by atoms with van der Waals surface area (Å²) in [5.41, 5.74) is 1.08. The SMILES string of the molecule is Cc1cc(NC(=O)C[NH+]2CCC[C@@H](c3nc4ccccc4s3)C2)no1. The second-order valence-electron chi connectivity index (χ2n) is 6.61. The number of anilines is 1. The molecule has 2 aromatic heterocycles. The van der Waals surface area contributed by atoms with E-state index < -0.39 is 0 Å². The predicted octanol–water partition coefficient (Wildman–Crippen LogP) is 1.99. The van der Waals surface area contributed by atoms with Crippen LogP contribution in [0, 0.1) is 6.92 Å². The summed E-state index contributed by atoms with van der Waals surface area (Å²) < 4.78 is 6.22. The van der Waals surface area contributed by atoms with Crippen LogP contribution in [0.1, 0.15) is 29.5 Å². The number of hydrogen-bond donors (Lipinski definition) is 2. The maximum absolute atomic E-state index is 12.2. The molecule has 1 aliphatic rings. The number of quaternary nitrogens is 1. The number of para-hydroxylation sites is 1. The van der Waals surface area contributed by atoms with Crippen LogP contribution in [0.4, 0.5) is 5.82 Å². The van der Waals surface area contributed by atoms with Gasteiger partial charge in [-0.25, -0.2) is 4.98 Å². The third kappa shape index (κ3) is 3.72. The quantitative estimate of drug-likeness (QED) is 0.749. The third-order valence-electron chi connectivity index (χ3n) is 4.58. The van der Waals surface area contributed by atoms with Gasteiger partial charge in [0.2, 0.25) is 0 Å². The molecule has 0 aliphatic carbocycles. The van der Waals surface area contributed by atoms with Gasteiger partial charge in [-0.1, -0.05) is 17.3 Å². The van der Waals surface area contributed by atoms with Gasteiger partial charge in [-0.2, -0.15) is 0 Å². The molecule has 25 heavy (non-hydrogen) atoms. The predicted molar refractivity (Wildman–Crippen MR) is 97.0 cm³/mol. The summed E-state index contributed by atoms with van der Waals surface area (Å²) in [6.45, 7) is 4.23. The van der Waals surface area contributed by atoms with E-state index >= 15 is 0 Å². The standard InChI is InChI=1S/C18H20N4O2S/c1-12-9-16(21-24-12)20-17(23)11-22-8-4-5-13(10-22)18-19-14-6-2-3-7-15(14)25-18/h2-3,6-7,9,13H,4-5,8,10-11H2,1H3,(H,20,21,23)/p+1/t13-/m1/s1. The van der Waals surface area contributed by atoms with Crippen molar-refractivity contribution < 1.29 is 14.2 Å². The Kier molecular flexibility index (Phi) is 4.50. The minimum absolute atomic E-state index is 0.0201. The van der Waals surface area contributed by atoms with E-state index in [1.54, 1.807) is 24.3 Å². The summed E-state index contributed by atoms with van der Waals surface area (Å²) in [6, 6.07) is 10.00. The smallest absolute Gasteiger partial charge is 0.280 e. The maximum Gasteiger partial charge on any atom is 0.280 e. The van der Waals surface area contributed by atoms with Gasteiger partial charge < -0.3 is 14.7 Å². The lowest BCUT2D eigenvalue weighted by atomic mass is 9.99. The molecule has 1 aromatic carbocycles. The molecular weight excluding hydrogens is 336 g/mol. The van der Waals surface area contributed by atoms with Crippen molar-refractivity contribution in [2.24, 2.45) is 0 Å². The number of amides is 1. The number of carbonyl (C=O) groups is 1. The van der Waals surface area contributed by atoms with Crippen molar-refractivity contribution in [3.8, 4) is 0 Å². The lowest BCUT2D eigenvalue weighted by Crippen LogP contribution is -3.14. The number of piperidine rings is 1. The second-order valence-corrected chi connectivity index (χ2v) is 7.67. The van der Waals surface area contributed by atoms with Crippen LogP contribution in [0.5, 0.6) is 0 Å². The Bertz CT molecular complexity index is 855. The fraction of sp³-hybridized carbons (Fsp3) is 0.389. The highest BCUT2D eigenvalue weighted by atomic mass is 32.1. The molecule has 3 heterocycles. The number of nitrogens with one attached hydrogen (secondary N) is 2. The van der Waals surface area contributed by atoms with Gasteiger partial charge in [0.15, 0.2) is 12.4 Å². The average Bonchev–Trinajstić information content (AvgIpc) is 3.21. The van der Waals surface area contributed by atoms with Crippen molar-refractivity contribution in [2.45, 2.75) is 25.7 Å². The molecule has 130 valence electrons. The fourth-order valence-corrected chi connectivity index (χ4v) is 4.53. The van der Waals surface area contributed by atoms with E-state index in [1.807, 2.05) is 6.07 Å². The number of thiazole rings is 1. The van der Waals surface area contributed by atoms with E-state index in [0.29, 0.717) is 24.0 Å². The molecule has 3 aromatic rings. The first-order valence-electron chi connectivity index (χ1n) is 8.59. The summed E-state index contributed by atoms with van der Waals surface area (Å²) in [5, 5.41) is 7.82. The first kappa shape index (κ1) is 16.2. The van der Waals surface area contributed by atoms with Crippen LogP contribution in [0.3, 0.4) is 0 Å². The van der Waals surface area contributed by atoms with Crippen LogP contribution >= 0.6 is 11.3 Å². The van der Waals surface area contributed by atoms with E-state index in [2.05, 4.69) is 28.7 Å². The number of benzene rings is 1. The third-order valence-corrected chi connectivity index (χ3v) is 5.78. The summed E-state index contributed by atoms with van der Waals surface area (Å²) >= 11 is 1.78.